The van der Waals surface area contributed by atoms with Crippen molar-refractivity contribution < 1.29 is 19.1 Å². The molecule has 0 radical (unpaired) electrons. The quantitative estimate of drug-likeness (QED) is 0.835. The van der Waals surface area contributed by atoms with E-state index in [-0.39, 0.29) is 5.69 Å². The molecule has 0 atom stereocenters. The Morgan fingerprint density at radius 2 is 1.95 bits per heavy atom. The van der Waals surface area contributed by atoms with E-state index in [4.69, 9.17) is 10.5 Å². The third-order valence-electron chi connectivity index (χ3n) is 2.65. The molecule has 1 amide bonds. The number of nitrogens with two attached hydrogens (primary N) is 1. The van der Waals surface area contributed by atoms with Crippen molar-refractivity contribution in [2.75, 3.05) is 14.2 Å². The minimum absolute atomic E-state index is 0.136. The smallest absolute Gasteiger partial charge is 0.338 e. The van der Waals surface area contributed by atoms with E-state index in [1.165, 1.54) is 26.4 Å². The van der Waals surface area contributed by atoms with Gasteiger partial charge in [0.05, 0.1) is 19.8 Å². The van der Waals surface area contributed by atoms with Crippen molar-refractivity contribution in [1.82, 2.24) is 4.98 Å². The Morgan fingerprint density at radius 1 is 1.21 bits per heavy atom. The van der Waals surface area contributed by atoms with Crippen LogP contribution in [0, 0.1) is 0 Å². The standard InChI is InChI=1S/C13H12N2O4/c1-18-10-6-8(13(17)19-2)5-7-3-4-9(12(14)16)15-11(7)10/h3-6H,1-2H3,(H2,14,16). The third-order valence-corrected chi connectivity index (χ3v) is 2.65. The minimum atomic E-state index is -0.624. The largest absolute Gasteiger partial charge is 0.494 e. The highest BCUT2D eigenvalue weighted by Crippen LogP contribution is 2.26. The number of nitrogens with zero attached hydrogens (tertiary/aromatic N) is 1. The summed E-state index contributed by atoms with van der Waals surface area (Å²) in [7, 11) is 2.75. The van der Waals surface area contributed by atoms with Gasteiger partial charge in [-0.2, -0.15) is 0 Å². The summed E-state index contributed by atoms with van der Waals surface area (Å²) in [5, 5.41) is 0.657. The molecule has 2 aromatic rings. The summed E-state index contributed by atoms with van der Waals surface area (Å²) in [6.07, 6.45) is 0. The SMILES string of the molecule is COC(=O)c1cc(OC)c2nc(C(N)=O)ccc2c1. The molecule has 6 heteroatoms. The summed E-state index contributed by atoms with van der Waals surface area (Å²) in [5.41, 5.74) is 6.13. The van der Waals surface area contributed by atoms with Crippen molar-refractivity contribution in [3.05, 3.63) is 35.5 Å². The maximum atomic E-state index is 11.5. The summed E-state index contributed by atoms with van der Waals surface area (Å²) >= 11 is 0. The second-order valence-electron chi connectivity index (χ2n) is 3.80. The topological polar surface area (TPSA) is 91.5 Å². The molecule has 0 bridgehead atoms. The van der Waals surface area contributed by atoms with Crippen LogP contribution in [0.25, 0.3) is 10.9 Å². The Labute approximate surface area is 109 Å². The predicted molar refractivity (Wildman–Crippen MR) is 68.2 cm³/mol. The Kier molecular flexibility index (Phi) is 3.33. The summed E-state index contributed by atoms with van der Waals surface area (Å²) in [4.78, 5) is 26.8. The van der Waals surface area contributed by atoms with E-state index >= 15 is 0 Å². The first-order valence-electron chi connectivity index (χ1n) is 5.43. The molecule has 6 nitrogen and oxygen atoms in total. The van der Waals surface area contributed by atoms with Crippen molar-refractivity contribution in [1.29, 1.82) is 0 Å². The zero-order valence-electron chi connectivity index (χ0n) is 10.5. The van der Waals surface area contributed by atoms with Crippen molar-refractivity contribution >= 4 is 22.8 Å². The molecular formula is C13H12N2O4. The van der Waals surface area contributed by atoms with E-state index in [0.29, 0.717) is 22.2 Å². The monoisotopic (exact) mass is 260 g/mol. The third kappa shape index (κ3) is 2.33. The van der Waals surface area contributed by atoms with Crippen LogP contribution in [0.1, 0.15) is 20.8 Å². The fourth-order valence-electron chi connectivity index (χ4n) is 1.73. The van der Waals surface area contributed by atoms with Crippen LogP contribution in [0.5, 0.6) is 5.75 Å². The number of aromatic nitrogens is 1. The number of hydrogen-bond acceptors (Lipinski definition) is 5. The van der Waals surface area contributed by atoms with Gasteiger partial charge in [-0.05, 0) is 18.2 Å². The summed E-state index contributed by atoms with van der Waals surface area (Å²) in [5.74, 6) is -0.721. The molecule has 1 aromatic carbocycles. The molecule has 0 unspecified atom stereocenters. The summed E-state index contributed by atoms with van der Waals surface area (Å²) in [6.45, 7) is 0. The van der Waals surface area contributed by atoms with Crippen molar-refractivity contribution in [2.45, 2.75) is 0 Å². The maximum absolute atomic E-state index is 11.5. The lowest BCUT2D eigenvalue weighted by atomic mass is 10.1. The van der Waals surface area contributed by atoms with Gasteiger partial charge < -0.3 is 15.2 Å². The second-order valence-corrected chi connectivity index (χ2v) is 3.80. The number of rotatable bonds is 3. The number of carbonyl (C=O) groups is 2. The minimum Gasteiger partial charge on any atom is -0.494 e. The molecule has 0 spiro atoms. The van der Waals surface area contributed by atoms with Crippen LogP contribution >= 0.6 is 0 Å². The number of ether oxygens (including phenoxy) is 2. The van der Waals surface area contributed by atoms with E-state index in [9.17, 15) is 9.59 Å². The van der Waals surface area contributed by atoms with Gasteiger partial charge in [0.2, 0.25) is 0 Å². The van der Waals surface area contributed by atoms with Crippen LogP contribution in [-0.2, 0) is 4.74 Å². The van der Waals surface area contributed by atoms with E-state index in [1.54, 1.807) is 12.1 Å². The molecule has 2 N–H and O–H groups in total. The molecule has 0 fully saturated rings. The van der Waals surface area contributed by atoms with E-state index < -0.39 is 11.9 Å². The fraction of sp³-hybridized carbons (Fsp3) is 0.154. The van der Waals surface area contributed by atoms with Crippen molar-refractivity contribution in [2.24, 2.45) is 5.73 Å². The Hall–Kier alpha value is -2.63. The highest BCUT2D eigenvalue weighted by atomic mass is 16.5. The van der Waals surface area contributed by atoms with Crippen molar-refractivity contribution in [3.8, 4) is 5.75 Å². The van der Waals surface area contributed by atoms with Gasteiger partial charge in [0, 0.05) is 5.39 Å². The lowest BCUT2D eigenvalue weighted by molar-refractivity contribution is 0.0600. The average Bonchev–Trinajstić information content (AvgIpc) is 2.44. The number of amides is 1. The number of primary amides is 1. The molecule has 19 heavy (non-hydrogen) atoms. The van der Waals surface area contributed by atoms with Crippen LogP contribution in [0.15, 0.2) is 24.3 Å². The average molecular weight is 260 g/mol. The predicted octanol–water partition coefficient (Wildman–Crippen LogP) is 1.13. The van der Waals surface area contributed by atoms with E-state index in [2.05, 4.69) is 9.72 Å². The normalized spacial score (nSPS) is 10.2. The van der Waals surface area contributed by atoms with Gasteiger partial charge in [0.25, 0.3) is 5.91 Å². The summed E-state index contributed by atoms with van der Waals surface area (Å²) < 4.78 is 9.83. The van der Waals surface area contributed by atoms with Gasteiger partial charge in [-0.3, -0.25) is 4.79 Å². The molecule has 0 aliphatic carbocycles. The Morgan fingerprint density at radius 3 is 2.53 bits per heavy atom. The van der Waals surface area contributed by atoms with Crippen LogP contribution in [0.2, 0.25) is 0 Å². The molecule has 98 valence electrons. The lowest BCUT2D eigenvalue weighted by Crippen LogP contribution is -2.13. The maximum Gasteiger partial charge on any atom is 0.338 e. The summed E-state index contributed by atoms with van der Waals surface area (Å²) in [6, 6.07) is 6.26. The molecule has 1 heterocycles. The zero-order valence-corrected chi connectivity index (χ0v) is 10.5. The molecule has 0 saturated carbocycles. The number of pyridine rings is 1. The van der Waals surface area contributed by atoms with E-state index in [0.717, 1.165) is 0 Å². The van der Waals surface area contributed by atoms with Gasteiger partial charge in [-0.15, -0.1) is 0 Å². The second kappa shape index (κ2) is 4.93. The number of carbonyl (C=O) groups excluding carboxylic acids is 2. The molecule has 2 rings (SSSR count). The Balaban J connectivity index is 2.69. The molecule has 0 saturated heterocycles. The van der Waals surface area contributed by atoms with Gasteiger partial charge in [-0.1, -0.05) is 6.07 Å². The first kappa shape index (κ1) is 12.8. The number of methoxy groups -OCH3 is 2. The highest BCUT2D eigenvalue weighted by Gasteiger charge is 2.13. The van der Waals surface area contributed by atoms with Gasteiger partial charge in [-0.25, -0.2) is 9.78 Å². The fourth-order valence-corrected chi connectivity index (χ4v) is 1.73. The van der Waals surface area contributed by atoms with Crippen LogP contribution in [0.4, 0.5) is 0 Å². The first-order valence-corrected chi connectivity index (χ1v) is 5.43. The van der Waals surface area contributed by atoms with Crippen LogP contribution in [-0.4, -0.2) is 31.1 Å². The highest BCUT2D eigenvalue weighted by molar-refractivity contribution is 5.99. The van der Waals surface area contributed by atoms with Gasteiger partial charge in [0.1, 0.15) is 17.0 Å². The molecule has 0 aliphatic rings. The number of esters is 1. The number of benzene rings is 1. The van der Waals surface area contributed by atoms with Gasteiger partial charge in [0.15, 0.2) is 0 Å². The molecule has 1 aromatic heterocycles. The number of fused-ring (bicyclic) bond motifs is 1. The van der Waals surface area contributed by atoms with E-state index in [1.807, 2.05) is 0 Å². The number of hydrogen-bond donors (Lipinski definition) is 1. The van der Waals surface area contributed by atoms with Crippen LogP contribution < -0.4 is 10.5 Å². The zero-order chi connectivity index (χ0) is 14.0. The first-order chi connectivity index (χ1) is 9.06. The molecule has 0 aliphatic heterocycles. The van der Waals surface area contributed by atoms with Gasteiger partial charge >= 0.3 is 5.97 Å². The van der Waals surface area contributed by atoms with Crippen LogP contribution in [0.3, 0.4) is 0 Å². The molecular weight excluding hydrogens is 248 g/mol. The lowest BCUT2D eigenvalue weighted by Gasteiger charge is -2.08. The van der Waals surface area contributed by atoms with Crippen molar-refractivity contribution in [3.63, 3.8) is 0 Å². The Bertz CT molecular complexity index is 667.